The average Bonchev–Trinajstić information content (AvgIpc) is 3.99. The van der Waals surface area contributed by atoms with E-state index in [4.69, 9.17) is 4.42 Å². The second-order valence-corrected chi connectivity index (χ2v) is 16.1. The zero-order chi connectivity index (χ0) is 40.7. The third-order valence-electron chi connectivity index (χ3n) is 12.7. The molecule has 0 radical (unpaired) electrons. The molecule has 0 bridgehead atoms. The number of benzene rings is 10. The van der Waals surface area contributed by atoms with Crippen LogP contribution >= 0.6 is 0 Å². The van der Waals surface area contributed by atoms with Crippen molar-refractivity contribution in [2.24, 2.45) is 0 Å². The Morgan fingerprint density at radius 1 is 0.339 bits per heavy atom. The van der Waals surface area contributed by atoms with Crippen LogP contribution in [-0.4, -0.2) is 9.13 Å². The lowest BCUT2D eigenvalue weighted by molar-refractivity contribution is 0.669. The lowest BCUT2D eigenvalue weighted by atomic mass is 9.98. The molecule has 0 aliphatic carbocycles. The summed E-state index contributed by atoms with van der Waals surface area (Å²) < 4.78 is 11.6. The van der Waals surface area contributed by atoms with Gasteiger partial charge in [0.25, 0.3) is 0 Å². The predicted octanol–water partition coefficient (Wildman–Crippen LogP) is 16.1. The van der Waals surface area contributed by atoms with Crippen molar-refractivity contribution in [1.82, 2.24) is 9.13 Å². The van der Waals surface area contributed by atoms with E-state index in [9.17, 15) is 0 Å². The summed E-state index contributed by atoms with van der Waals surface area (Å²) in [7, 11) is 0. The topological polar surface area (TPSA) is 26.2 Å². The molecule has 0 N–H and O–H groups in total. The SMILES string of the molecule is c1ccc(-n2c3ccccc3c3ccc(N(c4ccc(-c5cccc6ccccc56)cc4)c4ccc5c(c4)oc4cccc(-n6c7ccccc7c7ccccc76)c45)cc32)cc1. The monoisotopic (exact) mass is 791 g/mol. The predicted molar refractivity (Wildman–Crippen MR) is 260 cm³/mol. The molecule has 0 amide bonds. The Hall–Kier alpha value is -8.34. The van der Waals surface area contributed by atoms with Crippen molar-refractivity contribution in [1.29, 1.82) is 0 Å². The van der Waals surface area contributed by atoms with Crippen LogP contribution < -0.4 is 4.90 Å². The highest BCUT2D eigenvalue weighted by atomic mass is 16.3. The van der Waals surface area contributed by atoms with Crippen molar-refractivity contribution in [3.05, 3.63) is 224 Å². The minimum atomic E-state index is 0.836. The maximum Gasteiger partial charge on any atom is 0.137 e. The number of hydrogen-bond acceptors (Lipinski definition) is 2. The van der Waals surface area contributed by atoms with E-state index in [2.05, 4.69) is 238 Å². The van der Waals surface area contributed by atoms with Crippen molar-refractivity contribution in [2.45, 2.75) is 0 Å². The molecule has 0 aliphatic heterocycles. The Bertz CT molecular complexity index is 3810. The zero-order valence-corrected chi connectivity index (χ0v) is 33.6. The van der Waals surface area contributed by atoms with Gasteiger partial charge in [-0.2, -0.15) is 0 Å². The van der Waals surface area contributed by atoms with Gasteiger partial charge >= 0.3 is 0 Å². The molecule has 0 atom stereocenters. The van der Waals surface area contributed by atoms with Crippen LogP contribution in [0, 0.1) is 0 Å². The number of furan rings is 1. The number of hydrogen-bond donors (Lipinski definition) is 0. The summed E-state index contributed by atoms with van der Waals surface area (Å²) in [5, 5.41) is 9.57. The first-order valence-corrected chi connectivity index (χ1v) is 21.2. The van der Waals surface area contributed by atoms with E-state index in [1.165, 1.54) is 60.0 Å². The van der Waals surface area contributed by atoms with Crippen LogP contribution in [0.3, 0.4) is 0 Å². The molecule has 0 spiro atoms. The largest absolute Gasteiger partial charge is 0.456 e. The van der Waals surface area contributed by atoms with Gasteiger partial charge in [-0.05, 0) is 101 Å². The summed E-state index contributed by atoms with van der Waals surface area (Å²) >= 11 is 0. The third-order valence-corrected chi connectivity index (χ3v) is 12.7. The van der Waals surface area contributed by atoms with Gasteiger partial charge in [0.2, 0.25) is 0 Å². The highest BCUT2D eigenvalue weighted by Crippen LogP contribution is 2.44. The smallest absolute Gasteiger partial charge is 0.137 e. The van der Waals surface area contributed by atoms with Gasteiger partial charge in [0.1, 0.15) is 11.2 Å². The molecular weight excluding hydrogens is 755 g/mol. The second-order valence-electron chi connectivity index (χ2n) is 16.1. The van der Waals surface area contributed by atoms with Gasteiger partial charge in [-0.25, -0.2) is 0 Å². The molecule has 0 unspecified atom stereocenters. The van der Waals surface area contributed by atoms with E-state index >= 15 is 0 Å². The number of aromatic nitrogens is 2. The molecule has 3 aromatic heterocycles. The van der Waals surface area contributed by atoms with Gasteiger partial charge in [0, 0.05) is 55.7 Å². The molecule has 3 heterocycles. The van der Waals surface area contributed by atoms with Crippen LogP contribution in [0.4, 0.5) is 17.1 Å². The summed E-state index contributed by atoms with van der Waals surface area (Å²) in [5.41, 5.74) is 14.1. The van der Waals surface area contributed by atoms with Gasteiger partial charge in [-0.3, -0.25) is 0 Å². The summed E-state index contributed by atoms with van der Waals surface area (Å²) in [6.45, 7) is 0. The molecule has 13 aromatic rings. The fourth-order valence-corrected chi connectivity index (χ4v) is 9.97. The zero-order valence-electron chi connectivity index (χ0n) is 33.6. The summed E-state index contributed by atoms with van der Waals surface area (Å²) in [6, 6.07) is 80.8. The van der Waals surface area contributed by atoms with Crippen molar-refractivity contribution < 1.29 is 4.42 Å². The highest BCUT2D eigenvalue weighted by Gasteiger charge is 2.21. The fraction of sp³-hybridized carbons (Fsp3) is 0. The second kappa shape index (κ2) is 13.6. The lowest BCUT2D eigenvalue weighted by Gasteiger charge is -2.26. The lowest BCUT2D eigenvalue weighted by Crippen LogP contribution is -2.10. The van der Waals surface area contributed by atoms with Crippen molar-refractivity contribution in [3.63, 3.8) is 0 Å². The van der Waals surface area contributed by atoms with Gasteiger partial charge in [-0.15, -0.1) is 0 Å². The van der Waals surface area contributed by atoms with Crippen LogP contribution in [0.1, 0.15) is 0 Å². The van der Waals surface area contributed by atoms with Gasteiger partial charge in [-0.1, -0.05) is 140 Å². The average molecular weight is 792 g/mol. The Balaban J connectivity index is 1.02. The summed E-state index contributed by atoms with van der Waals surface area (Å²) in [5.74, 6) is 0. The molecular formula is C58H37N3O. The van der Waals surface area contributed by atoms with Gasteiger partial charge in [0.05, 0.1) is 33.1 Å². The molecule has 4 nitrogen and oxygen atoms in total. The van der Waals surface area contributed by atoms with Crippen LogP contribution in [-0.2, 0) is 0 Å². The molecule has 13 rings (SSSR count). The Kier molecular flexibility index (Phi) is 7.57. The molecule has 0 fully saturated rings. The molecule has 0 saturated heterocycles. The maximum absolute atomic E-state index is 6.84. The maximum atomic E-state index is 6.84. The van der Waals surface area contributed by atoms with Crippen LogP contribution in [0.2, 0.25) is 0 Å². The first-order chi connectivity index (χ1) is 30.8. The molecule has 290 valence electrons. The number of nitrogens with zero attached hydrogens (tertiary/aromatic N) is 3. The van der Waals surface area contributed by atoms with E-state index < -0.39 is 0 Å². The van der Waals surface area contributed by atoms with E-state index in [0.717, 1.165) is 55.9 Å². The molecule has 4 heteroatoms. The minimum Gasteiger partial charge on any atom is -0.456 e. The quantitative estimate of drug-likeness (QED) is 0.168. The van der Waals surface area contributed by atoms with Crippen LogP contribution in [0.25, 0.3) is 98.8 Å². The Labute approximate surface area is 357 Å². The summed E-state index contributed by atoms with van der Waals surface area (Å²) in [6.07, 6.45) is 0. The highest BCUT2D eigenvalue weighted by molar-refractivity contribution is 6.15. The Morgan fingerprint density at radius 2 is 0.887 bits per heavy atom. The van der Waals surface area contributed by atoms with Crippen LogP contribution in [0.5, 0.6) is 0 Å². The molecule has 62 heavy (non-hydrogen) atoms. The first-order valence-electron chi connectivity index (χ1n) is 21.2. The van der Waals surface area contributed by atoms with E-state index in [1.54, 1.807) is 0 Å². The summed E-state index contributed by atoms with van der Waals surface area (Å²) in [4.78, 5) is 2.36. The minimum absolute atomic E-state index is 0.836. The number of anilines is 3. The van der Waals surface area contributed by atoms with Crippen molar-refractivity contribution in [2.75, 3.05) is 4.90 Å². The van der Waals surface area contributed by atoms with Crippen molar-refractivity contribution in [3.8, 4) is 22.5 Å². The van der Waals surface area contributed by atoms with E-state index in [1.807, 2.05) is 0 Å². The number of fused-ring (bicyclic) bond motifs is 10. The Morgan fingerprint density at radius 3 is 1.61 bits per heavy atom. The molecule has 10 aromatic carbocycles. The van der Waals surface area contributed by atoms with E-state index in [0.29, 0.717) is 0 Å². The fourth-order valence-electron chi connectivity index (χ4n) is 9.97. The molecule has 0 aliphatic rings. The third kappa shape index (κ3) is 5.20. The standard InChI is InChI=1S/C58H37N3O/c1-2-16-40(17-3-1)60-51-23-9-6-21-48(51)49-34-32-42(36-55(49)60)59(41-30-28-39(29-31-41)45-22-12-15-38-14-4-5-18-44(38)45)43-33-35-50-57(37-43)62-56-27-13-26-54(58(50)56)61-52-24-10-7-19-46(52)47-20-8-11-25-53(47)61/h1-37H. The number of para-hydroxylation sites is 4. The normalized spacial score (nSPS) is 11.9. The van der Waals surface area contributed by atoms with Gasteiger partial charge in [0.15, 0.2) is 0 Å². The van der Waals surface area contributed by atoms with Gasteiger partial charge < -0.3 is 18.5 Å². The first kappa shape index (κ1) is 34.5. The van der Waals surface area contributed by atoms with Crippen molar-refractivity contribution >= 4 is 93.4 Å². The van der Waals surface area contributed by atoms with E-state index in [-0.39, 0.29) is 0 Å². The van der Waals surface area contributed by atoms with Crippen LogP contribution in [0.15, 0.2) is 229 Å². The molecule has 0 saturated carbocycles. The number of rotatable bonds is 6.